The first-order chi connectivity index (χ1) is 17.0. The molecule has 1 amide bonds. The van der Waals surface area contributed by atoms with Crippen molar-refractivity contribution in [3.63, 3.8) is 0 Å². The van der Waals surface area contributed by atoms with E-state index in [9.17, 15) is 22.8 Å². The minimum atomic E-state index is -4.73. The number of rotatable bonds is 10. The Hall–Kier alpha value is -3.53. The predicted molar refractivity (Wildman–Crippen MR) is 129 cm³/mol. The molecule has 192 valence electrons. The van der Waals surface area contributed by atoms with Crippen LogP contribution in [-0.4, -0.2) is 33.1 Å². The Bertz CT molecular complexity index is 1240. The highest BCUT2D eigenvalue weighted by Crippen LogP contribution is 2.36. The zero-order chi connectivity index (χ0) is 26.5. The molecule has 2 heterocycles. The molecule has 0 aliphatic heterocycles. The summed E-state index contributed by atoms with van der Waals surface area (Å²) in [4.78, 5) is 28.1. The maximum absolute atomic E-state index is 13.6. The van der Waals surface area contributed by atoms with Crippen molar-refractivity contribution < 1.29 is 32.6 Å². The Morgan fingerprint density at radius 2 is 1.94 bits per heavy atom. The normalized spacial score (nSPS) is 12.3. The largest absolute Gasteiger partial charge is 0.493 e. The van der Waals surface area contributed by atoms with Gasteiger partial charge in [0.25, 0.3) is 5.91 Å². The molecule has 0 aliphatic rings. The van der Waals surface area contributed by atoms with E-state index in [4.69, 9.17) is 21.4 Å². The molecule has 0 radical (unpaired) electrons. The summed E-state index contributed by atoms with van der Waals surface area (Å²) in [7, 11) is 0. The average Bonchev–Trinajstić information content (AvgIpc) is 3.21. The topological polar surface area (TPSA) is 93.5 Å². The molecule has 0 saturated heterocycles. The standard InChI is InChI=1S/C25H25ClF3N3O4/c1-3-15(2)32-17(9-11-36-18-8-10-30-22(26)14-18)5-7-21(32)24(35)31-20-12-16(13-23(33)34)4-6-19(20)25(27,28)29/h4-8,10,12,14-15H,3,9,11,13H2,1-2H3,(H,31,35)(H,33,34)/t15-/m0/s1. The predicted octanol–water partition coefficient (Wildman–Crippen LogP) is 6.03. The fourth-order valence-electron chi connectivity index (χ4n) is 3.74. The number of hydrogen-bond donors (Lipinski definition) is 2. The second-order valence-electron chi connectivity index (χ2n) is 8.15. The van der Waals surface area contributed by atoms with E-state index in [-0.39, 0.29) is 23.9 Å². The van der Waals surface area contributed by atoms with Gasteiger partial charge in [-0.25, -0.2) is 4.98 Å². The molecule has 0 unspecified atom stereocenters. The van der Waals surface area contributed by atoms with Crippen molar-refractivity contribution in [3.05, 3.63) is 76.3 Å². The number of halogens is 4. The molecule has 0 saturated carbocycles. The number of anilines is 1. The average molecular weight is 524 g/mol. The second-order valence-corrected chi connectivity index (χ2v) is 8.54. The summed E-state index contributed by atoms with van der Waals surface area (Å²) in [5.41, 5.74) is -0.468. The van der Waals surface area contributed by atoms with Gasteiger partial charge in [0.2, 0.25) is 0 Å². The van der Waals surface area contributed by atoms with Gasteiger partial charge in [-0.3, -0.25) is 9.59 Å². The van der Waals surface area contributed by atoms with Crippen molar-refractivity contribution in [1.29, 1.82) is 0 Å². The molecule has 36 heavy (non-hydrogen) atoms. The third kappa shape index (κ3) is 6.78. The number of amides is 1. The van der Waals surface area contributed by atoms with Crippen LogP contribution < -0.4 is 10.1 Å². The molecule has 0 spiro atoms. The molecule has 3 aromatic rings. The van der Waals surface area contributed by atoms with E-state index in [1.165, 1.54) is 6.20 Å². The number of carboxylic acids is 1. The number of aliphatic carboxylic acids is 1. The van der Waals surface area contributed by atoms with E-state index in [1.54, 1.807) is 28.8 Å². The van der Waals surface area contributed by atoms with E-state index in [0.717, 1.165) is 23.9 Å². The Morgan fingerprint density at radius 1 is 1.19 bits per heavy atom. The number of carboxylic acid groups (broad SMARTS) is 1. The van der Waals surface area contributed by atoms with Gasteiger partial charge in [0.15, 0.2) is 0 Å². The highest BCUT2D eigenvalue weighted by molar-refractivity contribution is 6.29. The fraction of sp³-hybridized carbons (Fsp3) is 0.320. The quantitative estimate of drug-likeness (QED) is 0.317. The number of nitrogens with one attached hydrogen (secondary N) is 1. The van der Waals surface area contributed by atoms with Crippen LogP contribution in [0.5, 0.6) is 5.75 Å². The van der Waals surface area contributed by atoms with Crippen molar-refractivity contribution in [3.8, 4) is 5.75 Å². The number of benzene rings is 1. The third-order valence-corrected chi connectivity index (χ3v) is 5.79. The smallest absolute Gasteiger partial charge is 0.418 e. The molecular formula is C25H25ClF3N3O4. The van der Waals surface area contributed by atoms with Crippen molar-refractivity contribution in [2.45, 2.75) is 45.3 Å². The van der Waals surface area contributed by atoms with Gasteiger partial charge in [-0.2, -0.15) is 13.2 Å². The van der Waals surface area contributed by atoms with Crippen molar-refractivity contribution in [2.24, 2.45) is 0 Å². The minimum Gasteiger partial charge on any atom is -0.493 e. The van der Waals surface area contributed by atoms with Gasteiger partial charge in [0.1, 0.15) is 16.6 Å². The molecule has 0 aliphatic carbocycles. The lowest BCUT2D eigenvalue weighted by molar-refractivity contribution is -0.137. The number of aromatic nitrogens is 2. The first-order valence-electron chi connectivity index (χ1n) is 11.2. The SMILES string of the molecule is CC[C@H](C)n1c(CCOc2ccnc(Cl)c2)ccc1C(=O)Nc1cc(CC(=O)O)ccc1C(F)(F)F. The third-order valence-electron chi connectivity index (χ3n) is 5.58. The fourth-order valence-corrected chi connectivity index (χ4v) is 3.91. The van der Waals surface area contributed by atoms with Crippen LogP contribution >= 0.6 is 11.6 Å². The Labute approximate surface area is 210 Å². The van der Waals surface area contributed by atoms with E-state index in [0.29, 0.717) is 23.7 Å². The summed E-state index contributed by atoms with van der Waals surface area (Å²) in [5, 5.41) is 11.6. The van der Waals surface area contributed by atoms with E-state index < -0.39 is 35.7 Å². The van der Waals surface area contributed by atoms with Crippen LogP contribution in [0.25, 0.3) is 0 Å². The maximum atomic E-state index is 13.6. The molecule has 11 heteroatoms. The number of nitrogens with zero attached hydrogens (tertiary/aromatic N) is 2. The van der Waals surface area contributed by atoms with Gasteiger partial charge < -0.3 is 19.7 Å². The molecule has 1 aromatic carbocycles. The van der Waals surface area contributed by atoms with E-state index in [1.807, 2.05) is 13.8 Å². The lowest BCUT2D eigenvalue weighted by Crippen LogP contribution is -2.22. The van der Waals surface area contributed by atoms with Gasteiger partial charge >= 0.3 is 12.1 Å². The Kier molecular flexibility index (Phi) is 8.62. The molecule has 2 N–H and O–H groups in total. The van der Waals surface area contributed by atoms with Crippen LogP contribution in [0.3, 0.4) is 0 Å². The highest BCUT2D eigenvalue weighted by atomic mass is 35.5. The number of pyridine rings is 1. The van der Waals surface area contributed by atoms with Gasteiger partial charge in [-0.15, -0.1) is 0 Å². The van der Waals surface area contributed by atoms with Gasteiger partial charge in [0.05, 0.1) is 24.3 Å². The van der Waals surface area contributed by atoms with Gasteiger partial charge in [0, 0.05) is 30.4 Å². The lowest BCUT2D eigenvalue weighted by atomic mass is 10.1. The first kappa shape index (κ1) is 27.1. The maximum Gasteiger partial charge on any atom is 0.418 e. The minimum absolute atomic E-state index is 0.119. The van der Waals surface area contributed by atoms with Gasteiger partial charge in [-0.05, 0) is 49.2 Å². The number of ether oxygens (including phenoxy) is 1. The summed E-state index contributed by atoms with van der Waals surface area (Å²) in [6.07, 6.45) is -2.59. The number of hydrogen-bond acceptors (Lipinski definition) is 4. The van der Waals surface area contributed by atoms with Gasteiger partial charge in [-0.1, -0.05) is 24.6 Å². The van der Waals surface area contributed by atoms with Crippen LogP contribution in [-0.2, 0) is 23.8 Å². The second kappa shape index (κ2) is 11.5. The summed E-state index contributed by atoms with van der Waals surface area (Å²) >= 11 is 5.87. The van der Waals surface area contributed by atoms with E-state index in [2.05, 4.69) is 10.3 Å². The van der Waals surface area contributed by atoms with Crippen LogP contribution in [0.1, 0.15) is 53.6 Å². The number of alkyl halides is 3. The molecule has 0 bridgehead atoms. The highest BCUT2D eigenvalue weighted by Gasteiger charge is 2.34. The van der Waals surface area contributed by atoms with Crippen molar-refractivity contribution >= 4 is 29.2 Å². The molecular weight excluding hydrogens is 499 g/mol. The lowest BCUT2D eigenvalue weighted by Gasteiger charge is -2.20. The van der Waals surface area contributed by atoms with Crippen molar-refractivity contribution in [2.75, 3.05) is 11.9 Å². The monoisotopic (exact) mass is 523 g/mol. The number of carbonyl (C=O) groups excluding carboxylic acids is 1. The summed E-state index contributed by atoms with van der Waals surface area (Å²) in [6.45, 7) is 4.11. The van der Waals surface area contributed by atoms with Crippen molar-refractivity contribution in [1.82, 2.24) is 9.55 Å². The zero-order valence-electron chi connectivity index (χ0n) is 19.6. The molecule has 2 aromatic heterocycles. The van der Waals surface area contributed by atoms with E-state index >= 15 is 0 Å². The zero-order valence-corrected chi connectivity index (χ0v) is 20.4. The molecule has 3 rings (SSSR count). The van der Waals surface area contributed by atoms with Crippen LogP contribution in [0.2, 0.25) is 5.15 Å². The van der Waals surface area contributed by atoms with Crippen LogP contribution in [0.15, 0.2) is 48.7 Å². The molecule has 0 fully saturated rings. The number of carbonyl (C=O) groups is 2. The Morgan fingerprint density at radius 3 is 2.58 bits per heavy atom. The molecule has 1 atom stereocenters. The summed E-state index contributed by atoms with van der Waals surface area (Å²) in [5.74, 6) is -1.39. The first-order valence-corrected chi connectivity index (χ1v) is 11.5. The summed E-state index contributed by atoms with van der Waals surface area (Å²) in [6, 6.07) is 9.30. The van der Waals surface area contributed by atoms with Crippen LogP contribution in [0.4, 0.5) is 18.9 Å². The summed E-state index contributed by atoms with van der Waals surface area (Å²) < 4.78 is 48.2. The van der Waals surface area contributed by atoms with Crippen LogP contribution in [0, 0.1) is 0 Å². The molecule has 7 nitrogen and oxygen atoms in total. The Balaban J connectivity index is 1.86.